The summed E-state index contributed by atoms with van der Waals surface area (Å²) >= 11 is 0. The Morgan fingerprint density at radius 3 is 3.00 bits per heavy atom. The van der Waals surface area contributed by atoms with Crippen LogP contribution in [0.3, 0.4) is 0 Å². The quantitative estimate of drug-likeness (QED) is 0.688. The fourth-order valence-electron chi connectivity index (χ4n) is 2.64. The molecule has 3 rings (SSSR count). The Morgan fingerprint density at radius 1 is 1.47 bits per heavy atom. The maximum Gasteiger partial charge on any atom is 0.170 e. The number of aromatic nitrogens is 1. The topological polar surface area (TPSA) is 39.2 Å². The van der Waals surface area contributed by atoms with E-state index in [1.165, 1.54) is 0 Å². The molecule has 1 aromatic rings. The summed E-state index contributed by atoms with van der Waals surface area (Å²) in [5.41, 5.74) is 0.721. The van der Waals surface area contributed by atoms with E-state index in [0.29, 0.717) is 6.10 Å². The molecule has 0 radical (unpaired) electrons. The molecule has 3 heterocycles. The van der Waals surface area contributed by atoms with E-state index in [1.54, 1.807) is 18.5 Å². The summed E-state index contributed by atoms with van der Waals surface area (Å²) in [6.45, 7) is 0. The van der Waals surface area contributed by atoms with Gasteiger partial charge in [0.25, 0.3) is 0 Å². The molecule has 2 aliphatic heterocycles. The van der Waals surface area contributed by atoms with Crippen molar-refractivity contribution in [3.63, 3.8) is 0 Å². The largest absolute Gasteiger partial charge is 0.374 e. The highest BCUT2D eigenvalue weighted by molar-refractivity contribution is 5.98. The van der Waals surface area contributed by atoms with Crippen molar-refractivity contribution in [1.82, 2.24) is 4.98 Å². The molecule has 3 atom stereocenters. The fourth-order valence-corrected chi connectivity index (χ4v) is 2.64. The number of carbonyl (C=O) groups is 1. The van der Waals surface area contributed by atoms with Crippen LogP contribution in [-0.4, -0.2) is 23.0 Å². The zero-order valence-corrected chi connectivity index (χ0v) is 8.43. The molecule has 2 fully saturated rings. The van der Waals surface area contributed by atoms with E-state index < -0.39 is 0 Å². The lowest BCUT2D eigenvalue weighted by atomic mass is 9.84. The van der Waals surface area contributed by atoms with Gasteiger partial charge in [0.2, 0.25) is 0 Å². The standard InChI is InChI=1S/C12H13NO2/c14-12(8-2-1-5-13-7-8)10-6-9-3-4-11(10)15-9/h1-2,5,7,9-11H,3-4,6H2. The second-order valence-electron chi connectivity index (χ2n) is 4.32. The molecule has 0 saturated carbocycles. The van der Waals surface area contributed by atoms with Crippen LogP contribution in [0.4, 0.5) is 0 Å². The minimum absolute atomic E-state index is 0.0768. The number of ketones is 1. The first-order chi connectivity index (χ1) is 7.34. The molecule has 1 aromatic heterocycles. The summed E-state index contributed by atoms with van der Waals surface area (Å²) in [7, 11) is 0. The van der Waals surface area contributed by atoms with Crippen molar-refractivity contribution >= 4 is 5.78 Å². The van der Waals surface area contributed by atoms with Crippen LogP contribution in [-0.2, 0) is 4.74 Å². The molecule has 78 valence electrons. The summed E-state index contributed by atoms with van der Waals surface area (Å²) in [4.78, 5) is 16.1. The molecule has 0 amide bonds. The Balaban J connectivity index is 1.81. The van der Waals surface area contributed by atoms with E-state index in [9.17, 15) is 4.79 Å². The molecule has 0 spiro atoms. The summed E-state index contributed by atoms with van der Waals surface area (Å²) in [5.74, 6) is 0.281. The van der Waals surface area contributed by atoms with Gasteiger partial charge in [0.05, 0.1) is 18.1 Å². The molecule has 0 aliphatic carbocycles. The molecule has 3 nitrogen and oxygen atoms in total. The molecule has 15 heavy (non-hydrogen) atoms. The normalized spacial score (nSPS) is 33.2. The predicted octanol–water partition coefficient (Wildman–Crippen LogP) is 1.83. The summed E-state index contributed by atoms with van der Waals surface area (Å²) in [6.07, 6.45) is 6.91. The van der Waals surface area contributed by atoms with E-state index in [4.69, 9.17) is 4.74 Å². The maximum atomic E-state index is 12.1. The van der Waals surface area contributed by atoms with Crippen LogP contribution >= 0.6 is 0 Å². The van der Waals surface area contributed by atoms with Crippen molar-refractivity contribution in [2.45, 2.75) is 31.5 Å². The maximum absolute atomic E-state index is 12.1. The number of fused-ring (bicyclic) bond motifs is 2. The second kappa shape index (κ2) is 3.42. The molecule has 2 bridgehead atoms. The van der Waals surface area contributed by atoms with Gasteiger partial charge in [0, 0.05) is 18.0 Å². The van der Waals surface area contributed by atoms with Crippen LogP contribution in [0.1, 0.15) is 29.6 Å². The molecule has 0 N–H and O–H groups in total. The number of Topliss-reactive ketones (excluding diaryl/α,β-unsaturated/α-hetero) is 1. The van der Waals surface area contributed by atoms with E-state index in [2.05, 4.69) is 4.98 Å². The Morgan fingerprint density at radius 2 is 2.40 bits per heavy atom. The van der Waals surface area contributed by atoms with Crippen molar-refractivity contribution in [2.24, 2.45) is 5.92 Å². The Hall–Kier alpha value is -1.22. The van der Waals surface area contributed by atoms with Crippen LogP contribution in [0.15, 0.2) is 24.5 Å². The van der Waals surface area contributed by atoms with Gasteiger partial charge in [-0.3, -0.25) is 9.78 Å². The van der Waals surface area contributed by atoms with Gasteiger partial charge in [-0.25, -0.2) is 0 Å². The summed E-state index contributed by atoms with van der Waals surface area (Å²) in [6, 6.07) is 3.64. The number of nitrogens with zero attached hydrogens (tertiary/aromatic N) is 1. The van der Waals surface area contributed by atoms with E-state index in [-0.39, 0.29) is 17.8 Å². The van der Waals surface area contributed by atoms with Crippen LogP contribution in [0, 0.1) is 5.92 Å². The van der Waals surface area contributed by atoms with Crippen LogP contribution in [0.25, 0.3) is 0 Å². The Labute approximate surface area is 88.5 Å². The van der Waals surface area contributed by atoms with Crippen molar-refractivity contribution < 1.29 is 9.53 Å². The lowest BCUT2D eigenvalue weighted by Crippen LogP contribution is -2.25. The molecule has 2 aliphatic rings. The van der Waals surface area contributed by atoms with Gasteiger partial charge in [-0.15, -0.1) is 0 Å². The smallest absolute Gasteiger partial charge is 0.170 e. The van der Waals surface area contributed by atoms with Gasteiger partial charge < -0.3 is 4.74 Å². The van der Waals surface area contributed by atoms with Gasteiger partial charge >= 0.3 is 0 Å². The fraction of sp³-hybridized carbons (Fsp3) is 0.500. The zero-order valence-electron chi connectivity index (χ0n) is 8.43. The lowest BCUT2D eigenvalue weighted by molar-refractivity contribution is 0.0743. The SMILES string of the molecule is O=C(c1cccnc1)C1CC2CCC1O2. The first kappa shape index (κ1) is 9.04. The van der Waals surface area contributed by atoms with Crippen molar-refractivity contribution in [3.8, 4) is 0 Å². The third-order valence-electron chi connectivity index (χ3n) is 3.39. The minimum Gasteiger partial charge on any atom is -0.374 e. The van der Waals surface area contributed by atoms with Crippen molar-refractivity contribution in [3.05, 3.63) is 30.1 Å². The van der Waals surface area contributed by atoms with Gasteiger partial charge in [-0.1, -0.05) is 0 Å². The summed E-state index contributed by atoms with van der Waals surface area (Å²) < 4.78 is 5.69. The van der Waals surface area contributed by atoms with Crippen LogP contribution in [0.2, 0.25) is 0 Å². The van der Waals surface area contributed by atoms with Gasteiger partial charge in [0.15, 0.2) is 5.78 Å². The number of carbonyl (C=O) groups excluding carboxylic acids is 1. The molecule has 3 heteroatoms. The first-order valence-electron chi connectivity index (χ1n) is 5.44. The lowest BCUT2D eigenvalue weighted by Gasteiger charge is -2.16. The third-order valence-corrected chi connectivity index (χ3v) is 3.39. The highest BCUT2D eigenvalue weighted by Crippen LogP contribution is 2.40. The van der Waals surface area contributed by atoms with E-state index in [0.717, 1.165) is 24.8 Å². The highest BCUT2D eigenvalue weighted by Gasteiger charge is 2.44. The van der Waals surface area contributed by atoms with E-state index in [1.807, 2.05) is 6.07 Å². The molecular formula is C12H13NO2. The number of hydrogen-bond acceptors (Lipinski definition) is 3. The Kier molecular flexibility index (Phi) is 2.06. The highest BCUT2D eigenvalue weighted by atomic mass is 16.5. The average molecular weight is 203 g/mol. The van der Waals surface area contributed by atoms with Gasteiger partial charge in [-0.05, 0) is 31.4 Å². The monoisotopic (exact) mass is 203 g/mol. The average Bonchev–Trinajstić information content (AvgIpc) is 2.91. The van der Waals surface area contributed by atoms with Crippen molar-refractivity contribution in [2.75, 3.05) is 0 Å². The molecule has 0 aromatic carbocycles. The minimum atomic E-state index is 0.0768. The number of pyridine rings is 1. The second-order valence-corrected chi connectivity index (χ2v) is 4.32. The Bertz CT molecular complexity index is 376. The van der Waals surface area contributed by atoms with Crippen LogP contribution in [0.5, 0.6) is 0 Å². The van der Waals surface area contributed by atoms with Crippen molar-refractivity contribution in [1.29, 1.82) is 0 Å². The summed E-state index contributed by atoms with van der Waals surface area (Å²) in [5, 5.41) is 0. The first-order valence-corrected chi connectivity index (χ1v) is 5.44. The van der Waals surface area contributed by atoms with Gasteiger partial charge in [-0.2, -0.15) is 0 Å². The number of hydrogen-bond donors (Lipinski definition) is 0. The molecule has 2 saturated heterocycles. The van der Waals surface area contributed by atoms with Crippen LogP contribution < -0.4 is 0 Å². The zero-order chi connectivity index (χ0) is 10.3. The number of rotatable bonds is 2. The third kappa shape index (κ3) is 1.47. The molecule has 3 unspecified atom stereocenters. The van der Waals surface area contributed by atoms with E-state index >= 15 is 0 Å². The van der Waals surface area contributed by atoms with Gasteiger partial charge in [0.1, 0.15) is 0 Å². The number of ether oxygens (including phenoxy) is 1. The molecular weight excluding hydrogens is 190 g/mol. The predicted molar refractivity (Wildman–Crippen MR) is 54.6 cm³/mol.